The number of fused-ring (bicyclic) bond motifs is 1. The summed E-state index contributed by atoms with van der Waals surface area (Å²) in [6.07, 6.45) is 3.65. The van der Waals surface area contributed by atoms with Gasteiger partial charge in [0, 0.05) is 34.2 Å². The molecule has 0 spiro atoms. The molecule has 1 aliphatic rings. The lowest BCUT2D eigenvalue weighted by molar-refractivity contribution is -0.141. The van der Waals surface area contributed by atoms with Crippen molar-refractivity contribution >= 4 is 67.8 Å². The summed E-state index contributed by atoms with van der Waals surface area (Å²) in [5.74, 6) is -0.544. The molecule has 2 heterocycles. The quantitative estimate of drug-likeness (QED) is 0.316. The van der Waals surface area contributed by atoms with E-state index < -0.39 is 0 Å². The number of rotatable bonds is 4. The van der Waals surface area contributed by atoms with Crippen LogP contribution in [0.3, 0.4) is 0 Å². The van der Waals surface area contributed by atoms with Crippen LogP contribution < -0.4 is 4.90 Å². The number of thiocarbonyl (C=S) groups is 1. The summed E-state index contributed by atoms with van der Waals surface area (Å²) in [7, 11) is 3.14. The maximum Gasteiger partial charge on any atom is 0.325 e. The molecule has 30 heavy (non-hydrogen) atoms. The average Bonchev–Trinajstić information content (AvgIpc) is 3.18. The van der Waals surface area contributed by atoms with Crippen molar-refractivity contribution in [3.63, 3.8) is 0 Å². The molecule has 1 saturated heterocycles. The van der Waals surface area contributed by atoms with E-state index >= 15 is 0 Å². The van der Waals surface area contributed by atoms with Crippen molar-refractivity contribution in [2.45, 2.75) is 6.54 Å². The molecule has 1 aromatic heterocycles. The zero-order valence-corrected chi connectivity index (χ0v) is 18.7. The van der Waals surface area contributed by atoms with Gasteiger partial charge in [0.05, 0.1) is 12.8 Å². The van der Waals surface area contributed by atoms with E-state index in [1.807, 2.05) is 59.3 Å². The number of carbonyl (C=O) groups excluding carboxylic acids is 2. The second kappa shape index (κ2) is 8.04. The van der Waals surface area contributed by atoms with Crippen LogP contribution in [0, 0.1) is 0 Å². The second-order valence-electron chi connectivity index (χ2n) is 6.80. The third-order valence-electron chi connectivity index (χ3n) is 4.97. The van der Waals surface area contributed by atoms with Gasteiger partial charge in [-0.1, -0.05) is 34.1 Å². The van der Waals surface area contributed by atoms with Gasteiger partial charge in [-0.15, -0.1) is 0 Å². The van der Waals surface area contributed by atoms with E-state index in [4.69, 9.17) is 17.0 Å². The second-order valence-corrected chi connectivity index (χ2v) is 8.08. The van der Waals surface area contributed by atoms with Crippen LogP contribution in [-0.2, 0) is 20.9 Å². The zero-order chi connectivity index (χ0) is 21.4. The van der Waals surface area contributed by atoms with Gasteiger partial charge in [0.2, 0.25) is 0 Å². The molecule has 1 fully saturated rings. The monoisotopic (exact) mass is 483 g/mol. The Balaban J connectivity index is 1.81. The Hall–Kier alpha value is -2.97. The molecule has 0 radical (unpaired) electrons. The highest BCUT2D eigenvalue weighted by atomic mass is 79.9. The Morgan fingerprint density at radius 3 is 2.63 bits per heavy atom. The Kier molecular flexibility index (Phi) is 5.44. The molecule has 0 aliphatic carbocycles. The SMILES string of the molecule is COC(=O)Cn1cc(/C=C2/C(=O)N(c3ccccc3)C(=S)N2C)c2cc(Br)ccc21. The van der Waals surface area contributed by atoms with Crippen molar-refractivity contribution in [3.05, 3.63) is 70.5 Å². The number of hydrogen-bond acceptors (Lipinski definition) is 4. The maximum absolute atomic E-state index is 13.2. The highest BCUT2D eigenvalue weighted by Gasteiger charge is 2.36. The van der Waals surface area contributed by atoms with Crippen molar-refractivity contribution in [2.24, 2.45) is 0 Å². The van der Waals surface area contributed by atoms with Crippen molar-refractivity contribution in [1.29, 1.82) is 0 Å². The molecule has 0 atom stereocenters. The number of benzene rings is 2. The molecule has 0 unspecified atom stereocenters. The number of anilines is 1. The van der Waals surface area contributed by atoms with Gasteiger partial charge in [0.15, 0.2) is 5.11 Å². The number of esters is 1. The van der Waals surface area contributed by atoms with Crippen molar-refractivity contribution in [3.8, 4) is 0 Å². The van der Waals surface area contributed by atoms with E-state index in [-0.39, 0.29) is 18.4 Å². The van der Waals surface area contributed by atoms with Crippen LogP contribution in [0.2, 0.25) is 0 Å². The van der Waals surface area contributed by atoms with Crippen molar-refractivity contribution < 1.29 is 14.3 Å². The fourth-order valence-corrected chi connectivity index (χ4v) is 4.10. The van der Waals surface area contributed by atoms with E-state index in [0.29, 0.717) is 10.8 Å². The van der Waals surface area contributed by atoms with Crippen LogP contribution in [0.5, 0.6) is 0 Å². The van der Waals surface area contributed by atoms with Crippen LogP contribution in [0.4, 0.5) is 5.69 Å². The first-order valence-electron chi connectivity index (χ1n) is 9.15. The van der Waals surface area contributed by atoms with Gasteiger partial charge in [0.25, 0.3) is 5.91 Å². The highest BCUT2D eigenvalue weighted by Crippen LogP contribution is 2.31. The number of methoxy groups -OCH3 is 1. The normalized spacial score (nSPS) is 15.5. The van der Waals surface area contributed by atoms with Crippen LogP contribution in [0.1, 0.15) is 5.56 Å². The van der Waals surface area contributed by atoms with E-state index in [0.717, 1.165) is 26.6 Å². The number of aromatic nitrogens is 1. The van der Waals surface area contributed by atoms with Crippen molar-refractivity contribution in [1.82, 2.24) is 9.47 Å². The first-order valence-corrected chi connectivity index (χ1v) is 10.3. The molecule has 0 saturated carbocycles. The summed E-state index contributed by atoms with van der Waals surface area (Å²) in [6, 6.07) is 15.1. The van der Waals surface area contributed by atoms with Gasteiger partial charge < -0.3 is 14.2 Å². The third kappa shape index (κ3) is 3.53. The predicted octanol–water partition coefficient (Wildman–Crippen LogP) is 4.18. The summed E-state index contributed by atoms with van der Waals surface area (Å²) >= 11 is 9.03. The molecular formula is C22H18BrN3O3S. The van der Waals surface area contributed by atoms with Crippen LogP contribution in [0.15, 0.2) is 64.9 Å². The summed E-state index contributed by atoms with van der Waals surface area (Å²) in [5, 5.41) is 1.32. The Morgan fingerprint density at radius 2 is 1.93 bits per heavy atom. The molecule has 0 bridgehead atoms. The largest absolute Gasteiger partial charge is 0.468 e. The summed E-state index contributed by atoms with van der Waals surface area (Å²) in [4.78, 5) is 28.3. The molecule has 1 amide bonds. The van der Waals surface area contributed by atoms with Gasteiger partial charge in [-0.05, 0) is 48.6 Å². The molecule has 152 valence electrons. The lowest BCUT2D eigenvalue weighted by Gasteiger charge is -2.16. The number of amides is 1. The molecule has 2 aromatic carbocycles. The first kappa shape index (κ1) is 20.3. The zero-order valence-electron chi connectivity index (χ0n) is 16.3. The predicted molar refractivity (Wildman–Crippen MR) is 124 cm³/mol. The Morgan fingerprint density at radius 1 is 1.20 bits per heavy atom. The fraction of sp³-hybridized carbons (Fsp3) is 0.136. The Labute approximate surface area is 187 Å². The molecule has 1 aliphatic heterocycles. The lowest BCUT2D eigenvalue weighted by atomic mass is 10.1. The number of likely N-dealkylation sites (N-methyl/N-ethyl adjacent to an activating group) is 1. The first-order chi connectivity index (χ1) is 14.4. The third-order valence-corrected chi connectivity index (χ3v) is 5.92. The number of ether oxygens (including phenoxy) is 1. The highest BCUT2D eigenvalue weighted by molar-refractivity contribution is 9.10. The lowest BCUT2D eigenvalue weighted by Crippen LogP contribution is -2.30. The molecule has 4 rings (SSSR count). The number of carbonyl (C=O) groups is 2. The number of nitrogens with zero attached hydrogens (tertiary/aromatic N) is 3. The number of halogens is 1. The van der Waals surface area contributed by atoms with Crippen LogP contribution >= 0.6 is 28.1 Å². The topological polar surface area (TPSA) is 54.8 Å². The molecule has 0 N–H and O–H groups in total. The van der Waals surface area contributed by atoms with Crippen LogP contribution in [-0.4, -0.2) is 40.6 Å². The summed E-state index contributed by atoms with van der Waals surface area (Å²) < 4.78 is 7.52. The van der Waals surface area contributed by atoms with E-state index in [9.17, 15) is 9.59 Å². The van der Waals surface area contributed by atoms with E-state index in [2.05, 4.69) is 15.9 Å². The van der Waals surface area contributed by atoms with E-state index in [1.54, 1.807) is 18.0 Å². The smallest absolute Gasteiger partial charge is 0.325 e. The molecule has 8 heteroatoms. The number of para-hydroxylation sites is 1. The number of hydrogen-bond donors (Lipinski definition) is 0. The van der Waals surface area contributed by atoms with Gasteiger partial charge >= 0.3 is 5.97 Å². The fourth-order valence-electron chi connectivity index (χ4n) is 3.45. The average molecular weight is 484 g/mol. The summed E-state index contributed by atoms with van der Waals surface area (Å²) in [5.41, 5.74) is 2.86. The minimum Gasteiger partial charge on any atom is -0.468 e. The Bertz CT molecular complexity index is 1200. The van der Waals surface area contributed by atoms with Crippen LogP contribution in [0.25, 0.3) is 17.0 Å². The minimum absolute atomic E-state index is 0.0795. The minimum atomic E-state index is -0.348. The van der Waals surface area contributed by atoms with Crippen molar-refractivity contribution in [2.75, 3.05) is 19.1 Å². The van der Waals surface area contributed by atoms with Gasteiger partial charge in [-0.3, -0.25) is 14.5 Å². The van der Waals surface area contributed by atoms with Gasteiger partial charge in [0.1, 0.15) is 12.2 Å². The molecule has 3 aromatic rings. The molecular weight excluding hydrogens is 466 g/mol. The maximum atomic E-state index is 13.2. The van der Waals surface area contributed by atoms with E-state index in [1.165, 1.54) is 12.0 Å². The van der Waals surface area contributed by atoms with Gasteiger partial charge in [-0.25, -0.2) is 0 Å². The summed E-state index contributed by atoms with van der Waals surface area (Å²) in [6.45, 7) is 0.0795. The van der Waals surface area contributed by atoms with Gasteiger partial charge in [-0.2, -0.15) is 0 Å². The standard InChI is InChI=1S/C22H18BrN3O3S/c1-24-19(21(28)26(22(24)30)16-6-4-3-5-7-16)10-14-12-25(13-20(27)29-2)18-9-8-15(23)11-17(14)18/h3-12H,13H2,1-2H3/b19-10-. The molecule has 6 nitrogen and oxygen atoms in total.